The van der Waals surface area contributed by atoms with Crippen molar-refractivity contribution in [2.24, 2.45) is 7.05 Å². The molecule has 1 spiro atoms. The molecule has 0 aliphatic carbocycles. The Morgan fingerprint density at radius 3 is 2.80 bits per heavy atom. The van der Waals surface area contributed by atoms with Crippen LogP contribution in [0, 0.1) is 6.92 Å². The van der Waals surface area contributed by atoms with Crippen LogP contribution >= 0.6 is 35.0 Å². The first kappa shape index (κ1) is 17.5. The van der Waals surface area contributed by atoms with E-state index in [1.807, 2.05) is 35.6 Å². The first-order chi connectivity index (χ1) is 12.0. The maximum absolute atomic E-state index is 6.60. The standard InChI is InChI=1S/C18H21Cl2N3OS/c1-11-15-16(13-4-3-12(19)9-14(13)20)25-18(5-7-24-8-6-18)10-21-17(15)23(2)22-11/h3-4,9,16,21H,5-8,10H2,1-2H3. The van der Waals surface area contributed by atoms with Crippen molar-refractivity contribution in [1.82, 2.24) is 9.78 Å². The van der Waals surface area contributed by atoms with E-state index in [9.17, 15) is 0 Å². The molecule has 1 fully saturated rings. The van der Waals surface area contributed by atoms with Crippen LogP contribution in [0.1, 0.15) is 34.9 Å². The fourth-order valence-corrected chi connectivity index (χ4v) is 6.14. The topological polar surface area (TPSA) is 39.1 Å². The smallest absolute Gasteiger partial charge is 0.128 e. The van der Waals surface area contributed by atoms with Crippen molar-refractivity contribution in [3.05, 3.63) is 45.1 Å². The summed E-state index contributed by atoms with van der Waals surface area (Å²) < 4.78 is 7.70. The Labute approximate surface area is 162 Å². The Morgan fingerprint density at radius 2 is 2.08 bits per heavy atom. The molecule has 0 saturated carbocycles. The number of aromatic nitrogens is 2. The number of halogens is 2. The largest absolute Gasteiger partial charge is 0.381 e. The lowest BCUT2D eigenvalue weighted by Crippen LogP contribution is -2.39. The van der Waals surface area contributed by atoms with E-state index in [4.69, 9.17) is 27.9 Å². The molecule has 7 heteroatoms. The van der Waals surface area contributed by atoms with Gasteiger partial charge in [-0.2, -0.15) is 5.10 Å². The second-order valence-electron chi connectivity index (χ2n) is 6.78. The number of nitrogens with zero attached hydrogens (tertiary/aromatic N) is 2. The predicted octanol–water partition coefficient (Wildman–Crippen LogP) is 4.83. The number of hydrogen-bond donors (Lipinski definition) is 1. The third kappa shape index (κ3) is 3.16. The maximum Gasteiger partial charge on any atom is 0.128 e. The van der Waals surface area contributed by atoms with Gasteiger partial charge in [0.15, 0.2) is 0 Å². The number of hydrogen-bond acceptors (Lipinski definition) is 4. The second kappa shape index (κ2) is 6.69. The van der Waals surface area contributed by atoms with Crippen LogP contribution in [0.5, 0.6) is 0 Å². The normalized spacial score (nSPS) is 22.3. The van der Waals surface area contributed by atoms with Gasteiger partial charge in [-0.1, -0.05) is 29.3 Å². The average Bonchev–Trinajstić information content (AvgIpc) is 2.75. The molecule has 134 valence electrons. The van der Waals surface area contributed by atoms with Crippen molar-refractivity contribution < 1.29 is 4.74 Å². The van der Waals surface area contributed by atoms with Crippen LogP contribution in [0.4, 0.5) is 5.82 Å². The molecule has 1 N–H and O–H groups in total. The molecule has 2 aliphatic heterocycles. The molecular formula is C18H21Cl2N3OS. The highest BCUT2D eigenvalue weighted by atomic mass is 35.5. The van der Waals surface area contributed by atoms with E-state index in [2.05, 4.69) is 23.4 Å². The average molecular weight is 398 g/mol. The van der Waals surface area contributed by atoms with Gasteiger partial charge in [0, 0.05) is 47.2 Å². The van der Waals surface area contributed by atoms with Crippen molar-refractivity contribution >= 4 is 40.8 Å². The van der Waals surface area contributed by atoms with E-state index >= 15 is 0 Å². The molecule has 0 amide bonds. The van der Waals surface area contributed by atoms with Gasteiger partial charge in [-0.3, -0.25) is 4.68 Å². The minimum absolute atomic E-state index is 0.126. The van der Waals surface area contributed by atoms with Gasteiger partial charge in [-0.15, -0.1) is 11.8 Å². The summed E-state index contributed by atoms with van der Waals surface area (Å²) >= 11 is 14.7. The molecule has 2 aromatic rings. The third-order valence-electron chi connectivity index (χ3n) is 5.13. The molecule has 0 bridgehead atoms. The molecule has 1 saturated heterocycles. The van der Waals surface area contributed by atoms with Crippen molar-refractivity contribution in [1.29, 1.82) is 0 Å². The summed E-state index contributed by atoms with van der Waals surface area (Å²) in [5.74, 6) is 1.09. The van der Waals surface area contributed by atoms with E-state index < -0.39 is 0 Å². The van der Waals surface area contributed by atoms with E-state index in [-0.39, 0.29) is 10.00 Å². The Morgan fingerprint density at radius 1 is 1.32 bits per heavy atom. The zero-order chi connectivity index (χ0) is 17.6. The Bertz CT molecular complexity index is 802. The summed E-state index contributed by atoms with van der Waals surface area (Å²) in [6, 6.07) is 5.81. The summed E-state index contributed by atoms with van der Waals surface area (Å²) in [6.07, 6.45) is 2.07. The number of anilines is 1. The minimum Gasteiger partial charge on any atom is -0.381 e. The molecule has 1 aromatic carbocycles. The summed E-state index contributed by atoms with van der Waals surface area (Å²) in [7, 11) is 1.99. The number of fused-ring (bicyclic) bond motifs is 1. The molecular weight excluding hydrogens is 377 g/mol. The second-order valence-corrected chi connectivity index (χ2v) is 9.20. The highest BCUT2D eigenvalue weighted by Gasteiger charge is 2.41. The van der Waals surface area contributed by atoms with Crippen LogP contribution in [0.15, 0.2) is 18.2 Å². The summed E-state index contributed by atoms with van der Waals surface area (Å²) in [6.45, 7) is 4.60. The maximum atomic E-state index is 6.60. The van der Waals surface area contributed by atoms with E-state index in [1.165, 1.54) is 5.56 Å². The van der Waals surface area contributed by atoms with E-state index in [0.717, 1.165) is 49.7 Å². The molecule has 3 heterocycles. The van der Waals surface area contributed by atoms with Gasteiger partial charge >= 0.3 is 0 Å². The number of nitrogens with one attached hydrogen (secondary N) is 1. The Balaban J connectivity index is 1.84. The molecule has 1 aromatic heterocycles. The fraction of sp³-hybridized carbons (Fsp3) is 0.500. The summed E-state index contributed by atoms with van der Waals surface area (Å²) in [4.78, 5) is 0. The SMILES string of the molecule is Cc1nn(C)c2c1C(c1ccc(Cl)cc1Cl)SC1(CCOCC1)CN2. The van der Waals surface area contributed by atoms with Crippen molar-refractivity contribution in [2.45, 2.75) is 29.8 Å². The number of benzene rings is 1. The van der Waals surface area contributed by atoms with E-state index in [0.29, 0.717) is 10.0 Å². The van der Waals surface area contributed by atoms with Crippen LogP contribution in [0.25, 0.3) is 0 Å². The van der Waals surface area contributed by atoms with Crippen molar-refractivity contribution in [3.8, 4) is 0 Å². The monoisotopic (exact) mass is 397 g/mol. The van der Waals surface area contributed by atoms with Crippen LogP contribution in [0.3, 0.4) is 0 Å². The molecule has 2 aliphatic rings. The van der Waals surface area contributed by atoms with Gasteiger partial charge in [0.2, 0.25) is 0 Å². The fourth-order valence-electron chi connectivity index (χ4n) is 3.76. The molecule has 4 nitrogen and oxygen atoms in total. The Kier molecular flexibility index (Phi) is 4.69. The van der Waals surface area contributed by atoms with Crippen molar-refractivity contribution in [2.75, 3.05) is 25.1 Å². The molecule has 1 atom stereocenters. The van der Waals surface area contributed by atoms with Gasteiger partial charge in [0.05, 0.1) is 10.9 Å². The molecule has 1 unspecified atom stereocenters. The van der Waals surface area contributed by atoms with Crippen LogP contribution in [0.2, 0.25) is 10.0 Å². The summed E-state index contributed by atoms with van der Waals surface area (Å²) in [5.41, 5.74) is 3.36. The molecule has 25 heavy (non-hydrogen) atoms. The Hall–Kier alpha value is -0.880. The lowest BCUT2D eigenvalue weighted by molar-refractivity contribution is 0.0801. The van der Waals surface area contributed by atoms with Gasteiger partial charge in [0.1, 0.15) is 5.82 Å². The quantitative estimate of drug-likeness (QED) is 0.747. The first-order valence-corrected chi connectivity index (χ1v) is 10.1. The number of ether oxygens (including phenoxy) is 1. The highest BCUT2D eigenvalue weighted by Crippen LogP contribution is 2.53. The van der Waals surface area contributed by atoms with Gasteiger partial charge < -0.3 is 10.1 Å². The van der Waals surface area contributed by atoms with Gasteiger partial charge in [0.25, 0.3) is 0 Å². The lowest BCUT2D eigenvalue weighted by Gasteiger charge is -2.37. The number of thioether (sulfide) groups is 1. The predicted molar refractivity (Wildman–Crippen MR) is 105 cm³/mol. The zero-order valence-electron chi connectivity index (χ0n) is 14.3. The minimum atomic E-state index is 0.126. The van der Waals surface area contributed by atoms with Crippen LogP contribution in [-0.2, 0) is 11.8 Å². The third-order valence-corrected chi connectivity index (χ3v) is 7.47. The number of aryl methyl sites for hydroxylation is 2. The van der Waals surface area contributed by atoms with Crippen molar-refractivity contribution in [3.63, 3.8) is 0 Å². The summed E-state index contributed by atoms with van der Waals surface area (Å²) in [5, 5.41) is 9.80. The lowest BCUT2D eigenvalue weighted by atomic mass is 9.99. The van der Waals surface area contributed by atoms with Crippen LogP contribution < -0.4 is 5.32 Å². The number of rotatable bonds is 1. The van der Waals surface area contributed by atoms with Gasteiger partial charge in [-0.25, -0.2) is 0 Å². The zero-order valence-corrected chi connectivity index (χ0v) is 16.6. The highest BCUT2D eigenvalue weighted by molar-refractivity contribution is 8.01. The molecule has 4 rings (SSSR count). The van der Waals surface area contributed by atoms with Crippen LogP contribution in [-0.4, -0.2) is 34.3 Å². The van der Waals surface area contributed by atoms with Gasteiger partial charge in [-0.05, 0) is 37.5 Å². The van der Waals surface area contributed by atoms with E-state index in [1.54, 1.807) is 0 Å². The first-order valence-electron chi connectivity index (χ1n) is 8.47. The molecule has 0 radical (unpaired) electrons.